The molecular formula is C11H21NO2S. The van der Waals surface area contributed by atoms with E-state index in [1.165, 1.54) is 0 Å². The SMILES string of the molecule is CC(C)CC(CO)NC(=O)C1CCSC1. The van der Waals surface area contributed by atoms with Crippen molar-refractivity contribution in [2.45, 2.75) is 32.7 Å². The molecule has 4 heteroatoms. The van der Waals surface area contributed by atoms with Crippen LogP contribution in [-0.4, -0.2) is 35.2 Å². The van der Waals surface area contributed by atoms with Crippen LogP contribution in [0.5, 0.6) is 0 Å². The minimum atomic E-state index is -0.0666. The van der Waals surface area contributed by atoms with Gasteiger partial charge in [-0.3, -0.25) is 4.79 Å². The van der Waals surface area contributed by atoms with Crippen LogP contribution in [0.4, 0.5) is 0 Å². The van der Waals surface area contributed by atoms with Crippen LogP contribution in [0, 0.1) is 11.8 Å². The van der Waals surface area contributed by atoms with Crippen molar-refractivity contribution in [2.75, 3.05) is 18.1 Å². The molecule has 1 fully saturated rings. The van der Waals surface area contributed by atoms with Crippen molar-refractivity contribution in [1.29, 1.82) is 0 Å². The highest BCUT2D eigenvalue weighted by Gasteiger charge is 2.24. The second-order valence-corrected chi connectivity index (χ2v) is 5.73. The molecule has 1 amide bonds. The number of aliphatic hydroxyl groups excluding tert-OH is 1. The molecule has 0 aromatic heterocycles. The number of hydrogen-bond acceptors (Lipinski definition) is 3. The van der Waals surface area contributed by atoms with Crippen molar-refractivity contribution in [3.63, 3.8) is 0 Å². The number of hydrogen-bond donors (Lipinski definition) is 2. The summed E-state index contributed by atoms with van der Waals surface area (Å²) in [5.74, 6) is 2.81. The highest BCUT2D eigenvalue weighted by Crippen LogP contribution is 2.23. The highest BCUT2D eigenvalue weighted by molar-refractivity contribution is 7.99. The Labute approximate surface area is 96.0 Å². The van der Waals surface area contributed by atoms with Gasteiger partial charge in [-0.15, -0.1) is 0 Å². The first-order valence-electron chi connectivity index (χ1n) is 5.62. The Morgan fingerprint density at radius 2 is 2.33 bits per heavy atom. The molecule has 1 rings (SSSR count). The van der Waals surface area contributed by atoms with E-state index in [0.717, 1.165) is 24.3 Å². The lowest BCUT2D eigenvalue weighted by Crippen LogP contribution is -2.41. The molecular weight excluding hydrogens is 210 g/mol. The van der Waals surface area contributed by atoms with E-state index in [9.17, 15) is 4.79 Å². The molecule has 0 radical (unpaired) electrons. The third kappa shape index (κ3) is 4.43. The lowest BCUT2D eigenvalue weighted by atomic mass is 10.0. The van der Waals surface area contributed by atoms with E-state index in [1.807, 2.05) is 11.8 Å². The van der Waals surface area contributed by atoms with Gasteiger partial charge < -0.3 is 10.4 Å². The van der Waals surface area contributed by atoms with E-state index in [-0.39, 0.29) is 24.5 Å². The van der Waals surface area contributed by atoms with E-state index < -0.39 is 0 Å². The van der Waals surface area contributed by atoms with Gasteiger partial charge in [-0.2, -0.15) is 11.8 Å². The fourth-order valence-electron chi connectivity index (χ4n) is 1.81. The van der Waals surface area contributed by atoms with Crippen molar-refractivity contribution in [3.05, 3.63) is 0 Å². The first kappa shape index (κ1) is 12.8. The maximum Gasteiger partial charge on any atom is 0.224 e. The second-order valence-electron chi connectivity index (χ2n) is 4.58. The molecule has 1 aliphatic rings. The number of carbonyl (C=O) groups is 1. The van der Waals surface area contributed by atoms with Crippen LogP contribution in [0.2, 0.25) is 0 Å². The molecule has 0 spiro atoms. The molecule has 2 N–H and O–H groups in total. The summed E-state index contributed by atoms with van der Waals surface area (Å²) in [7, 11) is 0. The monoisotopic (exact) mass is 231 g/mol. The van der Waals surface area contributed by atoms with Gasteiger partial charge in [0.1, 0.15) is 0 Å². The van der Waals surface area contributed by atoms with Gasteiger partial charge in [0.05, 0.1) is 12.6 Å². The van der Waals surface area contributed by atoms with Gasteiger partial charge in [0.25, 0.3) is 0 Å². The Morgan fingerprint density at radius 3 is 2.80 bits per heavy atom. The molecule has 15 heavy (non-hydrogen) atoms. The van der Waals surface area contributed by atoms with Crippen LogP contribution in [0.1, 0.15) is 26.7 Å². The first-order valence-corrected chi connectivity index (χ1v) is 6.78. The Morgan fingerprint density at radius 1 is 1.60 bits per heavy atom. The maximum atomic E-state index is 11.8. The molecule has 2 atom stereocenters. The molecule has 1 aliphatic heterocycles. The quantitative estimate of drug-likeness (QED) is 0.749. The second kappa shape index (κ2) is 6.38. The number of carbonyl (C=O) groups excluding carboxylic acids is 1. The average Bonchev–Trinajstić information content (AvgIpc) is 2.68. The Balaban J connectivity index is 2.33. The van der Waals surface area contributed by atoms with Gasteiger partial charge in [0.15, 0.2) is 0 Å². The van der Waals surface area contributed by atoms with Crippen LogP contribution in [0.3, 0.4) is 0 Å². The zero-order valence-corrected chi connectivity index (χ0v) is 10.3. The van der Waals surface area contributed by atoms with Gasteiger partial charge in [-0.1, -0.05) is 13.8 Å². The zero-order valence-electron chi connectivity index (χ0n) is 9.53. The maximum absolute atomic E-state index is 11.8. The summed E-state index contributed by atoms with van der Waals surface area (Å²) in [4.78, 5) is 11.8. The molecule has 1 saturated heterocycles. The fourth-order valence-corrected chi connectivity index (χ4v) is 3.03. The smallest absolute Gasteiger partial charge is 0.224 e. The number of thioether (sulfide) groups is 1. The molecule has 0 aromatic rings. The normalized spacial score (nSPS) is 23.1. The minimum Gasteiger partial charge on any atom is -0.394 e. The lowest BCUT2D eigenvalue weighted by Gasteiger charge is -2.20. The molecule has 0 bridgehead atoms. The van der Waals surface area contributed by atoms with Crippen molar-refractivity contribution < 1.29 is 9.90 Å². The standard InChI is InChI=1S/C11H21NO2S/c1-8(2)5-10(6-13)12-11(14)9-3-4-15-7-9/h8-10,13H,3-7H2,1-2H3,(H,12,14). The molecule has 0 saturated carbocycles. The average molecular weight is 231 g/mol. The van der Waals surface area contributed by atoms with Crippen molar-refractivity contribution in [3.8, 4) is 0 Å². The number of nitrogens with one attached hydrogen (secondary N) is 1. The predicted octanol–water partition coefficient (Wildman–Crippen LogP) is 1.26. The summed E-state index contributed by atoms with van der Waals surface area (Å²) in [6.07, 6.45) is 1.83. The summed E-state index contributed by atoms with van der Waals surface area (Å²) in [6.45, 7) is 4.24. The third-order valence-electron chi connectivity index (χ3n) is 2.62. The van der Waals surface area contributed by atoms with Crippen LogP contribution in [0.25, 0.3) is 0 Å². The van der Waals surface area contributed by atoms with Crippen molar-refractivity contribution in [1.82, 2.24) is 5.32 Å². The Bertz CT molecular complexity index is 203. The van der Waals surface area contributed by atoms with E-state index in [4.69, 9.17) is 5.11 Å². The van der Waals surface area contributed by atoms with Crippen molar-refractivity contribution in [2.24, 2.45) is 11.8 Å². The number of aliphatic hydroxyl groups is 1. The molecule has 1 heterocycles. The fraction of sp³-hybridized carbons (Fsp3) is 0.909. The van der Waals surface area contributed by atoms with Gasteiger partial charge in [0.2, 0.25) is 5.91 Å². The molecule has 0 aliphatic carbocycles. The lowest BCUT2D eigenvalue weighted by molar-refractivity contribution is -0.125. The van der Waals surface area contributed by atoms with Gasteiger partial charge in [-0.05, 0) is 24.5 Å². The van der Waals surface area contributed by atoms with Crippen LogP contribution in [-0.2, 0) is 4.79 Å². The Kier molecular flexibility index (Phi) is 5.47. The summed E-state index contributed by atoms with van der Waals surface area (Å²) in [5.41, 5.74) is 0. The predicted molar refractivity (Wildman–Crippen MR) is 63.9 cm³/mol. The van der Waals surface area contributed by atoms with Gasteiger partial charge >= 0.3 is 0 Å². The summed E-state index contributed by atoms with van der Waals surface area (Å²) in [5, 5.41) is 12.1. The largest absolute Gasteiger partial charge is 0.394 e. The Hall–Kier alpha value is -0.220. The van der Waals surface area contributed by atoms with Crippen LogP contribution < -0.4 is 5.32 Å². The zero-order chi connectivity index (χ0) is 11.3. The number of amides is 1. The van der Waals surface area contributed by atoms with Crippen molar-refractivity contribution >= 4 is 17.7 Å². The van der Waals surface area contributed by atoms with E-state index in [0.29, 0.717) is 5.92 Å². The molecule has 3 nitrogen and oxygen atoms in total. The molecule has 88 valence electrons. The van der Waals surface area contributed by atoms with E-state index >= 15 is 0 Å². The summed E-state index contributed by atoms with van der Waals surface area (Å²) in [6, 6.07) is -0.0666. The summed E-state index contributed by atoms with van der Waals surface area (Å²) >= 11 is 1.84. The highest BCUT2D eigenvalue weighted by atomic mass is 32.2. The topological polar surface area (TPSA) is 49.3 Å². The van der Waals surface area contributed by atoms with Gasteiger partial charge in [-0.25, -0.2) is 0 Å². The van der Waals surface area contributed by atoms with Crippen LogP contribution >= 0.6 is 11.8 Å². The van der Waals surface area contributed by atoms with Gasteiger partial charge in [0, 0.05) is 11.7 Å². The molecule has 2 unspecified atom stereocenters. The summed E-state index contributed by atoms with van der Waals surface area (Å²) < 4.78 is 0. The van der Waals surface area contributed by atoms with E-state index in [2.05, 4.69) is 19.2 Å². The van der Waals surface area contributed by atoms with E-state index in [1.54, 1.807) is 0 Å². The first-order chi connectivity index (χ1) is 7.13. The minimum absolute atomic E-state index is 0.0454. The third-order valence-corrected chi connectivity index (χ3v) is 3.79. The number of rotatable bonds is 5. The van der Waals surface area contributed by atoms with Crippen LogP contribution in [0.15, 0.2) is 0 Å². The molecule has 0 aromatic carbocycles.